The number of methoxy groups -OCH3 is 1. The standard InChI is InChI=1S/C25H31F3O2/c1-3-4-5-6-17-7-8-19(22(26)15-17)16-30-20-11-9-18(10-12-20)21-13-14-23(29-2)25(28)24(21)27/h7-8,13-15,18,20H,3-6,9-12,16H2,1-2H3. The zero-order chi connectivity index (χ0) is 21.5. The van der Waals surface area contributed by atoms with Gasteiger partial charge in [0.2, 0.25) is 5.82 Å². The first kappa shape index (κ1) is 22.7. The minimum atomic E-state index is -0.929. The van der Waals surface area contributed by atoms with E-state index in [1.807, 2.05) is 12.1 Å². The Morgan fingerprint density at radius 1 is 0.933 bits per heavy atom. The Balaban J connectivity index is 1.50. The molecule has 0 saturated heterocycles. The average Bonchev–Trinajstić information content (AvgIpc) is 2.76. The Bertz CT molecular complexity index is 829. The van der Waals surface area contributed by atoms with Crippen LogP contribution in [0.1, 0.15) is 74.5 Å². The van der Waals surface area contributed by atoms with E-state index >= 15 is 0 Å². The fraction of sp³-hybridized carbons (Fsp3) is 0.520. The largest absolute Gasteiger partial charge is 0.494 e. The molecule has 0 unspecified atom stereocenters. The molecule has 0 aromatic heterocycles. The van der Waals surface area contributed by atoms with Gasteiger partial charge in [-0.2, -0.15) is 4.39 Å². The van der Waals surface area contributed by atoms with E-state index in [0.29, 0.717) is 24.0 Å². The lowest BCUT2D eigenvalue weighted by molar-refractivity contribution is 0.0118. The Morgan fingerprint density at radius 2 is 1.70 bits per heavy atom. The zero-order valence-electron chi connectivity index (χ0n) is 17.9. The normalized spacial score (nSPS) is 19.1. The summed E-state index contributed by atoms with van der Waals surface area (Å²) in [6.45, 7) is 2.39. The maximum Gasteiger partial charge on any atom is 0.200 e. The summed E-state index contributed by atoms with van der Waals surface area (Å²) in [7, 11) is 1.32. The molecule has 164 valence electrons. The molecule has 0 bridgehead atoms. The first-order chi connectivity index (χ1) is 14.5. The second-order valence-electron chi connectivity index (χ2n) is 8.15. The van der Waals surface area contributed by atoms with Crippen molar-refractivity contribution in [3.63, 3.8) is 0 Å². The van der Waals surface area contributed by atoms with E-state index in [-0.39, 0.29) is 30.2 Å². The van der Waals surface area contributed by atoms with Gasteiger partial charge in [0, 0.05) is 5.56 Å². The Morgan fingerprint density at radius 3 is 2.37 bits per heavy atom. The molecule has 1 fully saturated rings. The van der Waals surface area contributed by atoms with Gasteiger partial charge in [-0.1, -0.05) is 38.0 Å². The number of halogens is 3. The average molecular weight is 421 g/mol. The van der Waals surface area contributed by atoms with E-state index in [1.54, 1.807) is 12.1 Å². The van der Waals surface area contributed by atoms with Crippen LogP contribution in [0, 0.1) is 17.5 Å². The summed E-state index contributed by atoms with van der Waals surface area (Å²) in [6, 6.07) is 8.50. The highest BCUT2D eigenvalue weighted by Crippen LogP contribution is 2.37. The Hall–Kier alpha value is -2.01. The maximum absolute atomic E-state index is 14.4. The van der Waals surface area contributed by atoms with E-state index < -0.39 is 11.6 Å². The molecular formula is C25H31F3O2. The van der Waals surface area contributed by atoms with E-state index in [9.17, 15) is 13.2 Å². The monoisotopic (exact) mass is 420 g/mol. The molecule has 5 heteroatoms. The fourth-order valence-electron chi connectivity index (χ4n) is 4.21. The summed E-state index contributed by atoms with van der Waals surface area (Å²) in [6.07, 6.45) is 7.21. The van der Waals surface area contributed by atoms with Crippen LogP contribution in [0.3, 0.4) is 0 Å². The van der Waals surface area contributed by atoms with Crippen LogP contribution in [0.15, 0.2) is 30.3 Å². The number of hydrogen-bond donors (Lipinski definition) is 0. The third kappa shape index (κ3) is 5.57. The van der Waals surface area contributed by atoms with Gasteiger partial charge in [-0.15, -0.1) is 0 Å². The fourth-order valence-corrected chi connectivity index (χ4v) is 4.21. The van der Waals surface area contributed by atoms with E-state index in [0.717, 1.165) is 44.1 Å². The summed E-state index contributed by atoms with van der Waals surface area (Å²) in [4.78, 5) is 0. The molecule has 0 radical (unpaired) electrons. The van der Waals surface area contributed by atoms with Crippen LogP contribution in [0.5, 0.6) is 5.75 Å². The van der Waals surface area contributed by atoms with Crippen molar-refractivity contribution in [3.05, 3.63) is 64.5 Å². The molecule has 1 aliphatic carbocycles. The number of aryl methyl sites for hydroxylation is 1. The quantitative estimate of drug-likeness (QED) is 0.403. The van der Waals surface area contributed by atoms with Gasteiger partial charge in [0.25, 0.3) is 0 Å². The molecule has 0 N–H and O–H groups in total. The predicted octanol–water partition coefficient (Wildman–Crippen LogP) is 7.09. The number of rotatable bonds is 9. The highest BCUT2D eigenvalue weighted by Gasteiger charge is 2.27. The number of hydrogen-bond acceptors (Lipinski definition) is 2. The molecule has 0 amide bonds. The van der Waals surface area contributed by atoms with E-state index in [1.165, 1.54) is 13.2 Å². The van der Waals surface area contributed by atoms with Crippen molar-refractivity contribution in [2.45, 2.75) is 76.9 Å². The molecule has 2 aromatic rings. The molecular weight excluding hydrogens is 389 g/mol. The molecule has 0 spiro atoms. The molecule has 30 heavy (non-hydrogen) atoms. The van der Waals surface area contributed by atoms with Gasteiger partial charge in [0.1, 0.15) is 5.82 Å². The smallest absolute Gasteiger partial charge is 0.200 e. The van der Waals surface area contributed by atoms with Crippen molar-refractivity contribution in [3.8, 4) is 5.75 Å². The number of ether oxygens (including phenoxy) is 2. The van der Waals surface area contributed by atoms with Crippen molar-refractivity contribution in [2.24, 2.45) is 0 Å². The molecule has 2 aromatic carbocycles. The molecule has 0 heterocycles. The number of unbranched alkanes of at least 4 members (excludes halogenated alkanes) is 2. The lowest BCUT2D eigenvalue weighted by Gasteiger charge is -2.29. The number of benzene rings is 2. The molecule has 3 rings (SSSR count). The van der Waals surface area contributed by atoms with Crippen molar-refractivity contribution < 1.29 is 22.6 Å². The summed E-state index contributed by atoms with van der Waals surface area (Å²) in [5.41, 5.74) is 2.00. The Labute approximate surface area is 177 Å². The van der Waals surface area contributed by atoms with Gasteiger partial charge in [-0.3, -0.25) is 0 Å². The lowest BCUT2D eigenvalue weighted by Crippen LogP contribution is -2.21. The zero-order valence-corrected chi connectivity index (χ0v) is 17.9. The molecule has 0 aliphatic heterocycles. The van der Waals surface area contributed by atoms with Crippen LogP contribution in [-0.2, 0) is 17.8 Å². The van der Waals surface area contributed by atoms with Gasteiger partial charge in [0.05, 0.1) is 19.8 Å². The minimum absolute atomic E-state index is 0.0102. The summed E-state index contributed by atoms with van der Waals surface area (Å²) < 4.78 is 53.5. The third-order valence-corrected chi connectivity index (χ3v) is 6.07. The van der Waals surface area contributed by atoms with Crippen molar-refractivity contribution in [2.75, 3.05) is 7.11 Å². The molecule has 1 saturated carbocycles. The molecule has 0 atom stereocenters. The summed E-state index contributed by atoms with van der Waals surface area (Å²) >= 11 is 0. The van der Waals surface area contributed by atoms with Crippen molar-refractivity contribution >= 4 is 0 Å². The van der Waals surface area contributed by atoms with Crippen molar-refractivity contribution in [1.29, 1.82) is 0 Å². The van der Waals surface area contributed by atoms with Crippen LogP contribution >= 0.6 is 0 Å². The molecule has 2 nitrogen and oxygen atoms in total. The van der Waals surface area contributed by atoms with Gasteiger partial charge in [-0.05, 0) is 67.7 Å². The van der Waals surface area contributed by atoms with Crippen LogP contribution in [0.25, 0.3) is 0 Å². The summed E-state index contributed by atoms with van der Waals surface area (Å²) in [5, 5.41) is 0. The third-order valence-electron chi connectivity index (χ3n) is 6.07. The highest BCUT2D eigenvalue weighted by atomic mass is 19.2. The first-order valence-electron chi connectivity index (χ1n) is 10.9. The second-order valence-corrected chi connectivity index (χ2v) is 8.15. The SMILES string of the molecule is CCCCCc1ccc(COC2CCC(c3ccc(OC)c(F)c3F)CC2)c(F)c1. The molecule has 1 aliphatic rings. The van der Waals surface area contributed by atoms with Crippen LogP contribution < -0.4 is 4.74 Å². The minimum Gasteiger partial charge on any atom is -0.494 e. The van der Waals surface area contributed by atoms with Gasteiger partial charge >= 0.3 is 0 Å². The lowest BCUT2D eigenvalue weighted by atomic mass is 9.82. The first-order valence-corrected chi connectivity index (χ1v) is 10.9. The van der Waals surface area contributed by atoms with Crippen LogP contribution in [-0.4, -0.2) is 13.2 Å². The van der Waals surface area contributed by atoms with Gasteiger partial charge in [0.15, 0.2) is 11.6 Å². The van der Waals surface area contributed by atoms with Crippen LogP contribution in [0.4, 0.5) is 13.2 Å². The summed E-state index contributed by atoms with van der Waals surface area (Å²) in [5.74, 6) is -2.08. The van der Waals surface area contributed by atoms with Gasteiger partial charge in [-0.25, -0.2) is 8.78 Å². The highest BCUT2D eigenvalue weighted by molar-refractivity contribution is 5.33. The predicted molar refractivity (Wildman–Crippen MR) is 112 cm³/mol. The van der Waals surface area contributed by atoms with E-state index in [2.05, 4.69) is 6.92 Å². The Kier molecular flexibility index (Phi) is 8.20. The van der Waals surface area contributed by atoms with Crippen molar-refractivity contribution in [1.82, 2.24) is 0 Å². The maximum atomic E-state index is 14.4. The topological polar surface area (TPSA) is 18.5 Å². The van der Waals surface area contributed by atoms with Crippen LogP contribution in [0.2, 0.25) is 0 Å². The van der Waals surface area contributed by atoms with E-state index in [4.69, 9.17) is 9.47 Å². The second kappa shape index (κ2) is 10.9. The van der Waals surface area contributed by atoms with Gasteiger partial charge < -0.3 is 9.47 Å².